The summed E-state index contributed by atoms with van der Waals surface area (Å²) in [5.74, 6) is 0.161. The van der Waals surface area contributed by atoms with E-state index in [0.29, 0.717) is 6.04 Å². The van der Waals surface area contributed by atoms with E-state index in [2.05, 4.69) is 23.0 Å². The molecule has 1 saturated carbocycles. The van der Waals surface area contributed by atoms with Crippen molar-refractivity contribution >= 4 is 23.4 Å². The Morgan fingerprint density at radius 2 is 2.21 bits per heavy atom. The molecule has 1 heterocycles. The van der Waals surface area contributed by atoms with Gasteiger partial charge in [-0.05, 0) is 37.1 Å². The van der Waals surface area contributed by atoms with Gasteiger partial charge >= 0.3 is 0 Å². The Balaban J connectivity index is 1.63. The Hall–Kier alpha value is -1.16. The van der Waals surface area contributed by atoms with Gasteiger partial charge in [0.2, 0.25) is 5.91 Å². The maximum atomic E-state index is 12.4. The summed E-state index contributed by atoms with van der Waals surface area (Å²) < 4.78 is 0. The monoisotopic (exact) mass is 276 g/mol. The number of hydrogen-bond donors (Lipinski definition) is 2. The van der Waals surface area contributed by atoms with E-state index in [9.17, 15) is 4.79 Å². The van der Waals surface area contributed by atoms with Crippen molar-refractivity contribution in [3.05, 3.63) is 29.8 Å². The minimum atomic E-state index is -0.0236. The number of carbonyl (C=O) groups is 1. The molecule has 0 radical (unpaired) electrons. The average Bonchev–Trinajstić information content (AvgIpc) is 3.04. The van der Waals surface area contributed by atoms with Crippen LogP contribution in [0.25, 0.3) is 0 Å². The molecule has 1 aliphatic heterocycles. The van der Waals surface area contributed by atoms with E-state index in [-0.39, 0.29) is 11.8 Å². The van der Waals surface area contributed by atoms with E-state index >= 15 is 0 Å². The maximum Gasteiger partial charge on any atom is 0.229 e. The third-order valence-corrected chi connectivity index (χ3v) is 5.31. The molecule has 1 aromatic carbocycles. The first kappa shape index (κ1) is 12.9. The van der Waals surface area contributed by atoms with E-state index in [0.717, 1.165) is 35.9 Å². The second-order valence-corrected chi connectivity index (χ2v) is 6.54. The maximum absolute atomic E-state index is 12.4. The first-order valence-corrected chi connectivity index (χ1v) is 8.22. The molecule has 2 aliphatic rings. The van der Waals surface area contributed by atoms with Crippen LogP contribution in [0, 0.1) is 0 Å². The Labute approximate surface area is 118 Å². The molecule has 102 valence electrons. The van der Waals surface area contributed by atoms with Crippen molar-refractivity contribution in [3.63, 3.8) is 0 Å². The second-order valence-electron chi connectivity index (χ2n) is 5.40. The van der Waals surface area contributed by atoms with Gasteiger partial charge < -0.3 is 10.6 Å². The molecule has 19 heavy (non-hydrogen) atoms. The molecule has 3 unspecified atom stereocenters. The zero-order valence-electron chi connectivity index (χ0n) is 11.2. The molecular formula is C15H20N2OS. The summed E-state index contributed by atoms with van der Waals surface area (Å²) in [6, 6.07) is 8.48. The number of nitrogens with one attached hydrogen (secondary N) is 2. The van der Waals surface area contributed by atoms with Gasteiger partial charge in [0.25, 0.3) is 0 Å². The van der Waals surface area contributed by atoms with Crippen LogP contribution in [-0.2, 0) is 4.79 Å². The minimum Gasteiger partial charge on any atom is -0.384 e. The van der Waals surface area contributed by atoms with Gasteiger partial charge in [-0.3, -0.25) is 4.79 Å². The predicted octanol–water partition coefficient (Wildman–Crippen LogP) is 2.60. The average molecular weight is 276 g/mol. The summed E-state index contributed by atoms with van der Waals surface area (Å²) in [5.41, 5.74) is 2.25. The van der Waals surface area contributed by atoms with Gasteiger partial charge in [0, 0.05) is 23.5 Å². The lowest BCUT2D eigenvalue weighted by atomic mass is 10.00. The van der Waals surface area contributed by atoms with Crippen molar-refractivity contribution in [1.29, 1.82) is 0 Å². The molecule has 4 heteroatoms. The number of para-hydroxylation sites is 1. The van der Waals surface area contributed by atoms with Crippen molar-refractivity contribution in [2.45, 2.75) is 36.5 Å². The Morgan fingerprint density at radius 1 is 1.37 bits per heavy atom. The SMILES string of the molecule is CSC1CCC(NC(=O)C2CNc3ccccc32)C1. The van der Waals surface area contributed by atoms with Gasteiger partial charge in [-0.15, -0.1) is 0 Å². The summed E-state index contributed by atoms with van der Waals surface area (Å²) in [4.78, 5) is 12.4. The molecule has 3 nitrogen and oxygen atoms in total. The lowest BCUT2D eigenvalue weighted by molar-refractivity contribution is -0.122. The predicted molar refractivity (Wildman–Crippen MR) is 80.8 cm³/mol. The minimum absolute atomic E-state index is 0.0236. The molecular weight excluding hydrogens is 256 g/mol. The number of amides is 1. The summed E-state index contributed by atoms with van der Waals surface area (Å²) in [6.45, 7) is 0.726. The molecule has 3 atom stereocenters. The van der Waals surface area contributed by atoms with E-state index < -0.39 is 0 Å². The number of carbonyl (C=O) groups excluding carboxylic acids is 1. The number of rotatable bonds is 3. The molecule has 0 bridgehead atoms. The van der Waals surface area contributed by atoms with Crippen molar-refractivity contribution in [2.75, 3.05) is 18.1 Å². The van der Waals surface area contributed by atoms with Gasteiger partial charge in [0.15, 0.2) is 0 Å². The van der Waals surface area contributed by atoms with E-state index in [1.807, 2.05) is 30.0 Å². The fourth-order valence-electron chi connectivity index (χ4n) is 3.10. The van der Waals surface area contributed by atoms with Crippen LogP contribution in [0.3, 0.4) is 0 Å². The van der Waals surface area contributed by atoms with Gasteiger partial charge in [-0.2, -0.15) is 11.8 Å². The summed E-state index contributed by atoms with van der Waals surface area (Å²) in [7, 11) is 0. The molecule has 0 spiro atoms. The molecule has 1 amide bonds. The highest BCUT2D eigenvalue weighted by Crippen LogP contribution is 2.32. The Kier molecular flexibility index (Phi) is 3.69. The van der Waals surface area contributed by atoms with Crippen LogP contribution in [0.2, 0.25) is 0 Å². The number of hydrogen-bond acceptors (Lipinski definition) is 3. The van der Waals surface area contributed by atoms with Crippen LogP contribution in [0.1, 0.15) is 30.7 Å². The molecule has 3 rings (SSSR count). The molecule has 1 aromatic rings. The highest BCUT2D eigenvalue weighted by Gasteiger charge is 2.31. The van der Waals surface area contributed by atoms with Crippen LogP contribution >= 0.6 is 11.8 Å². The van der Waals surface area contributed by atoms with Crippen LogP contribution in [0.5, 0.6) is 0 Å². The fraction of sp³-hybridized carbons (Fsp3) is 0.533. The Morgan fingerprint density at radius 3 is 3.00 bits per heavy atom. The number of thioether (sulfide) groups is 1. The van der Waals surface area contributed by atoms with Crippen molar-refractivity contribution in [2.24, 2.45) is 0 Å². The van der Waals surface area contributed by atoms with Crippen LogP contribution < -0.4 is 10.6 Å². The summed E-state index contributed by atoms with van der Waals surface area (Å²) in [6.07, 6.45) is 5.63. The number of anilines is 1. The third kappa shape index (κ3) is 2.59. The van der Waals surface area contributed by atoms with Gasteiger partial charge in [-0.25, -0.2) is 0 Å². The summed E-state index contributed by atoms with van der Waals surface area (Å²) >= 11 is 1.92. The van der Waals surface area contributed by atoms with Crippen molar-refractivity contribution in [1.82, 2.24) is 5.32 Å². The molecule has 1 fully saturated rings. The standard InChI is InChI=1S/C15H20N2OS/c1-19-11-7-6-10(8-11)17-15(18)13-9-16-14-5-3-2-4-12(13)14/h2-5,10-11,13,16H,6-9H2,1H3,(H,17,18). The zero-order valence-corrected chi connectivity index (χ0v) is 12.0. The first-order chi connectivity index (χ1) is 9.28. The molecule has 0 aromatic heterocycles. The van der Waals surface area contributed by atoms with Gasteiger partial charge in [0.05, 0.1) is 5.92 Å². The quantitative estimate of drug-likeness (QED) is 0.891. The molecule has 0 saturated heterocycles. The van der Waals surface area contributed by atoms with Crippen LogP contribution in [0.15, 0.2) is 24.3 Å². The highest BCUT2D eigenvalue weighted by atomic mass is 32.2. The van der Waals surface area contributed by atoms with E-state index in [1.165, 1.54) is 6.42 Å². The smallest absolute Gasteiger partial charge is 0.229 e. The Bertz CT molecular complexity index is 477. The van der Waals surface area contributed by atoms with Crippen molar-refractivity contribution < 1.29 is 4.79 Å². The summed E-state index contributed by atoms with van der Waals surface area (Å²) in [5, 5.41) is 7.27. The van der Waals surface area contributed by atoms with Crippen LogP contribution in [-0.4, -0.2) is 30.0 Å². The second kappa shape index (κ2) is 5.45. The zero-order chi connectivity index (χ0) is 13.2. The highest BCUT2D eigenvalue weighted by molar-refractivity contribution is 7.99. The lowest BCUT2D eigenvalue weighted by Crippen LogP contribution is -2.37. The molecule has 2 N–H and O–H groups in total. The normalized spacial score (nSPS) is 28.8. The van der Waals surface area contributed by atoms with Crippen LogP contribution in [0.4, 0.5) is 5.69 Å². The van der Waals surface area contributed by atoms with Crippen molar-refractivity contribution in [3.8, 4) is 0 Å². The topological polar surface area (TPSA) is 41.1 Å². The third-order valence-electron chi connectivity index (χ3n) is 4.21. The first-order valence-electron chi connectivity index (χ1n) is 6.94. The largest absolute Gasteiger partial charge is 0.384 e. The van der Waals surface area contributed by atoms with E-state index in [1.54, 1.807) is 0 Å². The van der Waals surface area contributed by atoms with E-state index in [4.69, 9.17) is 0 Å². The lowest BCUT2D eigenvalue weighted by Gasteiger charge is -2.16. The number of fused-ring (bicyclic) bond motifs is 1. The van der Waals surface area contributed by atoms with Gasteiger partial charge in [-0.1, -0.05) is 18.2 Å². The number of benzene rings is 1. The van der Waals surface area contributed by atoms with Gasteiger partial charge in [0.1, 0.15) is 0 Å². The fourth-order valence-corrected chi connectivity index (χ4v) is 3.90. The molecule has 1 aliphatic carbocycles.